The van der Waals surface area contributed by atoms with E-state index in [0.29, 0.717) is 11.7 Å². The number of hydrogen-bond donors (Lipinski definition) is 3. The van der Waals surface area contributed by atoms with Crippen LogP contribution in [-0.2, 0) is 4.74 Å². The molecule has 1 heterocycles. The molecule has 0 saturated carbocycles. The van der Waals surface area contributed by atoms with Crippen molar-refractivity contribution in [2.24, 2.45) is 5.10 Å². The zero-order chi connectivity index (χ0) is 15.1. The molecule has 2 rings (SSSR count). The predicted octanol–water partition coefficient (Wildman–Crippen LogP) is 1.36. The summed E-state index contributed by atoms with van der Waals surface area (Å²) >= 11 is 5.09. The number of aromatic carboxylic acids is 1. The topological polar surface area (TPSA) is 83.0 Å². The molecule has 0 aromatic heterocycles. The van der Waals surface area contributed by atoms with E-state index in [4.69, 9.17) is 22.1 Å². The highest BCUT2D eigenvalue weighted by Crippen LogP contribution is 2.10. The Morgan fingerprint density at radius 1 is 1.48 bits per heavy atom. The van der Waals surface area contributed by atoms with Crippen molar-refractivity contribution < 1.29 is 14.6 Å². The first-order chi connectivity index (χ1) is 10.1. The summed E-state index contributed by atoms with van der Waals surface area (Å²) in [6.45, 7) is 1.49. The number of hydrogen-bond acceptors (Lipinski definition) is 4. The molecule has 0 amide bonds. The van der Waals surface area contributed by atoms with E-state index in [-0.39, 0.29) is 11.7 Å². The third kappa shape index (κ3) is 5.13. The Bertz CT molecular complexity index is 525. The number of carboxylic acid groups (broad SMARTS) is 1. The first kappa shape index (κ1) is 15.4. The van der Waals surface area contributed by atoms with Gasteiger partial charge in [-0.15, -0.1) is 0 Å². The zero-order valence-corrected chi connectivity index (χ0v) is 12.2. The first-order valence-corrected chi connectivity index (χ1v) is 7.08. The van der Waals surface area contributed by atoms with E-state index in [1.807, 2.05) is 0 Å². The van der Waals surface area contributed by atoms with Crippen LogP contribution in [-0.4, -0.2) is 41.7 Å². The standard InChI is InChI=1S/C14H17N3O3S/c18-13(19)11-5-3-10(4-6-11)8-16-17-14(21)15-9-12-2-1-7-20-12/h3-6,8,12H,1-2,7,9H2,(H,18,19)(H2,15,17,21)/b16-8-/t12-/m1/s1. The molecular formula is C14H17N3O3S. The second kappa shape index (κ2) is 7.70. The Balaban J connectivity index is 1.73. The number of thiocarbonyl (C=S) groups is 1. The van der Waals surface area contributed by atoms with E-state index in [1.165, 1.54) is 12.1 Å². The third-order valence-electron chi connectivity index (χ3n) is 3.05. The Morgan fingerprint density at radius 3 is 2.86 bits per heavy atom. The molecule has 1 atom stereocenters. The van der Waals surface area contributed by atoms with Crippen LogP contribution < -0.4 is 10.7 Å². The van der Waals surface area contributed by atoms with Crippen molar-refractivity contribution in [1.29, 1.82) is 0 Å². The van der Waals surface area contributed by atoms with Crippen LogP contribution in [0, 0.1) is 0 Å². The van der Waals surface area contributed by atoms with E-state index in [2.05, 4.69) is 15.8 Å². The molecule has 0 bridgehead atoms. The normalized spacial score (nSPS) is 17.8. The molecule has 0 radical (unpaired) electrons. The zero-order valence-electron chi connectivity index (χ0n) is 11.4. The van der Waals surface area contributed by atoms with Gasteiger partial charge in [-0.1, -0.05) is 12.1 Å². The summed E-state index contributed by atoms with van der Waals surface area (Å²) in [5.41, 5.74) is 3.74. The van der Waals surface area contributed by atoms with E-state index < -0.39 is 5.97 Å². The average molecular weight is 307 g/mol. The molecule has 1 aliphatic rings. The van der Waals surface area contributed by atoms with Gasteiger partial charge < -0.3 is 15.2 Å². The van der Waals surface area contributed by atoms with Crippen LogP contribution in [0.15, 0.2) is 29.4 Å². The first-order valence-electron chi connectivity index (χ1n) is 6.67. The van der Waals surface area contributed by atoms with Crippen molar-refractivity contribution in [3.63, 3.8) is 0 Å². The van der Waals surface area contributed by atoms with Gasteiger partial charge in [-0.25, -0.2) is 4.79 Å². The van der Waals surface area contributed by atoms with E-state index >= 15 is 0 Å². The van der Waals surface area contributed by atoms with Crippen LogP contribution in [0.5, 0.6) is 0 Å². The lowest BCUT2D eigenvalue weighted by Gasteiger charge is -2.11. The van der Waals surface area contributed by atoms with Crippen molar-refractivity contribution in [3.8, 4) is 0 Å². The molecule has 0 aliphatic carbocycles. The number of hydrazone groups is 1. The summed E-state index contributed by atoms with van der Waals surface area (Å²) in [6, 6.07) is 6.41. The van der Waals surface area contributed by atoms with E-state index in [9.17, 15) is 4.79 Å². The lowest BCUT2D eigenvalue weighted by molar-refractivity contribution is 0.0697. The maximum Gasteiger partial charge on any atom is 0.335 e. The number of nitrogens with zero attached hydrogens (tertiary/aromatic N) is 1. The fraction of sp³-hybridized carbons (Fsp3) is 0.357. The molecule has 112 valence electrons. The van der Waals surface area contributed by atoms with Crippen LogP contribution >= 0.6 is 12.2 Å². The maximum atomic E-state index is 10.7. The van der Waals surface area contributed by atoms with Gasteiger partial charge in [-0.2, -0.15) is 5.10 Å². The second-order valence-corrected chi connectivity index (χ2v) is 5.05. The quantitative estimate of drug-likeness (QED) is 0.433. The summed E-state index contributed by atoms with van der Waals surface area (Å²) in [7, 11) is 0. The molecule has 1 aromatic rings. The van der Waals surface area contributed by atoms with Crippen LogP contribution in [0.1, 0.15) is 28.8 Å². The summed E-state index contributed by atoms with van der Waals surface area (Å²) in [5.74, 6) is -0.948. The molecule has 1 fully saturated rings. The van der Waals surface area contributed by atoms with Crippen molar-refractivity contribution in [3.05, 3.63) is 35.4 Å². The number of benzene rings is 1. The van der Waals surface area contributed by atoms with Gasteiger partial charge in [0.25, 0.3) is 0 Å². The lowest BCUT2D eigenvalue weighted by Crippen LogP contribution is -2.37. The summed E-state index contributed by atoms with van der Waals surface area (Å²) in [6.07, 6.45) is 3.94. The van der Waals surface area contributed by atoms with Crippen LogP contribution in [0.3, 0.4) is 0 Å². The van der Waals surface area contributed by atoms with Crippen molar-refractivity contribution >= 4 is 29.5 Å². The SMILES string of the molecule is O=C(O)c1ccc(/C=N\NC(=S)NC[C@H]2CCCO2)cc1. The van der Waals surface area contributed by atoms with Gasteiger partial charge in [0, 0.05) is 13.2 Å². The number of carboxylic acids is 1. The Morgan fingerprint density at radius 2 is 2.24 bits per heavy atom. The van der Waals surface area contributed by atoms with E-state index in [0.717, 1.165) is 25.0 Å². The fourth-order valence-electron chi connectivity index (χ4n) is 1.93. The smallest absolute Gasteiger partial charge is 0.335 e. The average Bonchev–Trinajstić information content (AvgIpc) is 2.99. The Kier molecular flexibility index (Phi) is 5.65. The summed E-state index contributed by atoms with van der Waals surface area (Å²) in [5, 5.41) is 16.3. The number of ether oxygens (including phenoxy) is 1. The van der Waals surface area contributed by atoms with E-state index in [1.54, 1.807) is 18.3 Å². The van der Waals surface area contributed by atoms with Crippen molar-refractivity contribution in [2.45, 2.75) is 18.9 Å². The molecule has 6 nitrogen and oxygen atoms in total. The fourth-order valence-corrected chi connectivity index (χ4v) is 2.06. The highest BCUT2D eigenvalue weighted by molar-refractivity contribution is 7.80. The largest absolute Gasteiger partial charge is 0.478 e. The van der Waals surface area contributed by atoms with Gasteiger partial charge in [-0.3, -0.25) is 5.43 Å². The van der Waals surface area contributed by atoms with Gasteiger partial charge in [0.1, 0.15) is 0 Å². The molecule has 1 saturated heterocycles. The molecular weight excluding hydrogens is 290 g/mol. The van der Waals surface area contributed by atoms with Crippen molar-refractivity contribution in [1.82, 2.24) is 10.7 Å². The minimum Gasteiger partial charge on any atom is -0.478 e. The lowest BCUT2D eigenvalue weighted by atomic mass is 10.1. The third-order valence-corrected chi connectivity index (χ3v) is 3.29. The van der Waals surface area contributed by atoms with Gasteiger partial charge in [0.05, 0.1) is 17.9 Å². The second-order valence-electron chi connectivity index (χ2n) is 4.64. The van der Waals surface area contributed by atoms with Gasteiger partial charge in [0.15, 0.2) is 5.11 Å². The number of rotatable bonds is 5. The van der Waals surface area contributed by atoms with Gasteiger partial charge >= 0.3 is 5.97 Å². The highest BCUT2D eigenvalue weighted by atomic mass is 32.1. The molecule has 21 heavy (non-hydrogen) atoms. The predicted molar refractivity (Wildman–Crippen MR) is 83.7 cm³/mol. The molecule has 1 aromatic carbocycles. The van der Waals surface area contributed by atoms with Crippen LogP contribution in [0.2, 0.25) is 0 Å². The van der Waals surface area contributed by atoms with Gasteiger partial charge in [-0.05, 0) is 42.8 Å². The minimum atomic E-state index is -0.948. The van der Waals surface area contributed by atoms with Crippen molar-refractivity contribution in [2.75, 3.05) is 13.2 Å². The molecule has 0 spiro atoms. The molecule has 3 N–H and O–H groups in total. The van der Waals surface area contributed by atoms with Gasteiger partial charge in [0.2, 0.25) is 0 Å². The maximum absolute atomic E-state index is 10.7. The monoisotopic (exact) mass is 307 g/mol. The summed E-state index contributed by atoms with van der Waals surface area (Å²) in [4.78, 5) is 10.7. The Labute approximate surface area is 128 Å². The highest BCUT2D eigenvalue weighted by Gasteiger charge is 2.14. The molecule has 1 aliphatic heterocycles. The molecule has 7 heteroatoms. The van der Waals surface area contributed by atoms with Crippen LogP contribution in [0.25, 0.3) is 0 Å². The summed E-state index contributed by atoms with van der Waals surface area (Å²) < 4.78 is 5.47. The Hall–Kier alpha value is -1.99. The number of nitrogens with one attached hydrogen (secondary N) is 2. The van der Waals surface area contributed by atoms with Crippen LogP contribution in [0.4, 0.5) is 0 Å². The minimum absolute atomic E-state index is 0.220. The molecule has 0 unspecified atom stereocenters. The number of carbonyl (C=O) groups is 1.